The molecule has 0 saturated carbocycles. The van der Waals surface area contributed by atoms with E-state index in [1.54, 1.807) is 6.07 Å². The summed E-state index contributed by atoms with van der Waals surface area (Å²) in [5.74, 6) is -0.195. The Morgan fingerprint density at radius 2 is 2.06 bits per heavy atom. The third-order valence-electron chi connectivity index (χ3n) is 3.00. The predicted octanol–water partition coefficient (Wildman–Crippen LogP) is 4.60. The van der Waals surface area contributed by atoms with Gasteiger partial charge in [-0.2, -0.15) is 0 Å². The highest BCUT2D eigenvalue weighted by Crippen LogP contribution is 2.33. The van der Waals surface area contributed by atoms with E-state index in [4.69, 9.17) is 0 Å². The van der Waals surface area contributed by atoms with Gasteiger partial charge in [-0.25, -0.2) is 4.39 Å². The lowest BCUT2D eigenvalue weighted by molar-refractivity contribution is 0.521. The van der Waals surface area contributed by atoms with Crippen LogP contribution in [0.1, 0.15) is 18.1 Å². The fourth-order valence-electron chi connectivity index (χ4n) is 2.04. The second-order valence-corrected chi connectivity index (χ2v) is 5.10. The van der Waals surface area contributed by atoms with Crippen molar-refractivity contribution in [3.05, 3.63) is 64.1 Å². The Bertz CT molecular complexity index is 558. The van der Waals surface area contributed by atoms with Crippen LogP contribution >= 0.6 is 15.9 Å². The molecule has 0 amide bonds. The molecule has 1 heterocycles. The summed E-state index contributed by atoms with van der Waals surface area (Å²) in [7, 11) is 0. The number of nitrogens with zero attached hydrogens (tertiary/aromatic N) is 1. The molecule has 0 spiro atoms. The van der Waals surface area contributed by atoms with Crippen LogP contribution in [0.15, 0.2) is 47.1 Å². The molecule has 0 aliphatic carbocycles. The van der Waals surface area contributed by atoms with Gasteiger partial charge in [0.2, 0.25) is 0 Å². The summed E-state index contributed by atoms with van der Waals surface area (Å²) >= 11 is 3.45. The first-order valence-corrected chi connectivity index (χ1v) is 6.64. The molecular weight excluding hydrogens is 293 g/mol. The Kier molecular flexibility index (Phi) is 3.71. The van der Waals surface area contributed by atoms with E-state index in [0.29, 0.717) is 5.56 Å². The summed E-state index contributed by atoms with van der Waals surface area (Å²) in [5.41, 5.74) is 3.24. The van der Waals surface area contributed by atoms with Gasteiger partial charge in [0.25, 0.3) is 0 Å². The Hall–Kier alpha value is -1.35. The minimum Gasteiger partial charge on any atom is -0.341 e. The Morgan fingerprint density at radius 1 is 1.33 bits per heavy atom. The van der Waals surface area contributed by atoms with Gasteiger partial charge in [0.1, 0.15) is 5.82 Å². The highest BCUT2D eigenvalue weighted by Gasteiger charge is 2.20. The van der Waals surface area contributed by atoms with Crippen LogP contribution in [0, 0.1) is 12.7 Å². The van der Waals surface area contributed by atoms with Crippen molar-refractivity contribution in [2.45, 2.75) is 13.8 Å². The summed E-state index contributed by atoms with van der Waals surface area (Å²) in [6.45, 7) is 8.68. The summed E-state index contributed by atoms with van der Waals surface area (Å²) < 4.78 is 15.0. The van der Waals surface area contributed by atoms with E-state index in [1.165, 1.54) is 0 Å². The highest BCUT2D eigenvalue weighted by molar-refractivity contribution is 9.12. The van der Waals surface area contributed by atoms with E-state index in [2.05, 4.69) is 22.5 Å². The van der Waals surface area contributed by atoms with Gasteiger partial charge in [-0.15, -0.1) is 0 Å². The van der Waals surface area contributed by atoms with Crippen LogP contribution in [-0.2, 0) is 0 Å². The predicted molar refractivity (Wildman–Crippen MR) is 77.6 cm³/mol. The third-order valence-corrected chi connectivity index (χ3v) is 3.72. The molecule has 0 saturated heterocycles. The monoisotopic (exact) mass is 307 g/mol. The van der Waals surface area contributed by atoms with Crippen molar-refractivity contribution >= 4 is 21.6 Å². The minimum absolute atomic E-state index is 0.195. The molecule has 1 aromatic rings. The topological polar surface area (TPSA) is 3.24 Å². The Morgan fingerprint density at radius 3 is 2.67 bits per heavy atom. The van der Waals surface area contributed by atoms with E-state index in [1.807, 2.05) is 43.0 Å². The molecule has 3 heteroatoms. The van der Waals surface area contributed by atoms with Crippen molar-refractivity contribution in [3.63, 3.8) is 0 Å². The van der Waals surface area contributed by atoms with E-state index >= 15 is 0 Å². The summed E-state index contributed by atoms with van der Waals surface area (Å²) in [6.07, 6.45) is 3.82. The van der Waals surface area contributed by atoms with Crippen LogP contribution in [0.5, 0.6) is 0 Å². The summed E-state index contributed by atoms with van der Waals surface area (Å²) in [6, 6.07) is 5.29. The maximum atomic E-state index is 14.0. The van der Waals surface area contributed by atoms with Crippen molar-refractivity contribution in [2.75, 3.05) is 6.54 Å². The number of halogens is 2. The zero-order valence-corrected chi connectivity index (χ0v) is 12.1. The second-order valence-electron chi connectivity index (χ2n) is 4.24. The fourth-order valence-corrected chi connectivity index (χ4v) is 2.38. The Labute approximate surface area is 115 Å². The van der Waals surface area contributed by atoms with Gasteiger partial charge in [0, 0.05) is 22.3 Å². The molecule has 0 bridgehead atoms. The summed E-state index contributed by atoms with van der Waals surface area (Å²) in [5, 5.41) is 0. The molecule has 0 fully saturated rings. The van der Waals surface area contributed by atoms with Crippen LogP contribution in [0.3, 0.4) is 0 Å². The number of hydrogen-bond acceptors (Lipinski definition) is 1. The van der Waals surface area contributed by atoms with Crippen molar-refractivity contribution < 1.29 is 4.39 Å². The van der Waals surface area contributed by atoms with Gasteiger partial charge >= 0.3 is 0 Å². The van der Waals surface area contributed by atoms with Gasteiger partial charge in [-0.1, -0.05) is 12.6 Å². The number of likely N-dealkylation sites (N-methyl/N-ethyl adjacent to an activating group) is 1. The van der Waals surface area contributed by atoms with Gasteiger partial charge in [-0.05, 0) is 59.6 Å². The molecule has 0 radical (unpaired) electrons. The van der Waals surface area contributed by atoms with E-state index < -0.39 is 0 Å². The largest absolute Gasteiger partial charge is 0.341 e. The van der Waals surface area contributed by atoms with Crippen molar-refractivity contribution in [1.82, 2.24) is 4.90 Å². The van der Waals surface area contributed by atoms with Crippen LogP contribution in [-0.4, -0.2) is 11.4 Å². The van der Waals surface area contributed by atoms with E-state index in [0.717, 1.165) is 28.0 Å². The van der Waals surface area contributed by atoms with Gasteiger partial charge in [0.15, 0.2) is 0 Å². The van der Waals surface area contributed by atoms with Crippen molar-refractivity contribution in [1.29, 1.82) is 0 Å². The zero-order chi connectivity index (χ0) is 13.3. The van der Waals surface area contributed by atoms with Crippen molar-refractivity contribution in [3.8, 4) is 0 Å². The molecule has 0 aromatic heterocycles. The zero-order valence-electron chi connectivity index (χ0n) is 10.5. The third kappa shape index (κ3) is 2.27. The number of benzene rings is 1. The molecule has 1 aromatic carbocycles. The van der Waals surface area contributed by atoms with Crippen LogP contribution in [0.2, 0.25) is 0 Å². The molecule has 2 rings (SSSR count). The standard InChI is InChI=1S/C15H15BrFN/c1-4-18-11(3)13(16)7-8-15(18)12-6-5-10(2)9-14(12)17/h5-9H,3-4H2,1-2H3. The lowest BCUT2D eigenvalue weighted by atomic mass is 10.0. The first-order valence-electron chi connectivity index (χ1n) is 5.85. The normalized spacial score (nSPS) is 15.6. The minimum atomic E-state index is -0.195. The first-order chi connectivity index (χ1) is 8.54. The lowest BCUT2D eigenvalue weighted by Gasteiger charge is -2.30. The quantitative estimate of drug-likeness (QED) is 0.771. The molecular formula is C15H15BrFN. The average Bonchev–Trinajstić information content (AvgIpc) is 2.33. The maximum absolute atomic E-state index is 14.0. The molecule has 0 atom stereocenters. The van der Waals surface area contributed by atoms with Crippen LogP contribution < -0.4 is 0 Å². The molecule has 1 aliphatic rings. The smallest absolute Gasteiger partial charge is 0.132 e. The number of aryl methyl sites for hydroxylation is 1. The molecule has 1 nitrogen and oxygen atoms in total. The highest BCUT2D eigenvalue weighted by atomic mass is 79.9. The molecule has 0 unspecified atom stereocenters. The molecule has 94 valence electrons. The van der Waals surface area contributed by atoms with Gasteiger partial charge < -0.3 is 4.90 Å². The number of allylic oxidation sites excluding steroid dienone is 3. The van der Waals surface area contributed by atoms with Gasteiger partial charge in [0.05, 0.1) is 5.70 Å². The van der Waals surface area contributed by atoms with Crippen LogP contribution in [0.25, 0.3) is 5.70 Å². The lowest BCUT2D eigenvalue weighted by Crippen LogP contribution is -2.23. The van der Waals surface area contributed by atoms with Crippen molar-refractivity contribution in [2.24, 2.45) is 0 Å². The average molecular weight is 308 g/mol. The Balaban J connectivity index is 2.52. The maximum Gasteiger partial charge on any atom is 0.132 e. The fraction of sp³-hybridized carbons (Fsp3) is 0.200. The van der Waals surface area contributed by atoms with Gasteiger partial charge in [-0.3, -0.25) is 0 Å². The number of rotatable bonds is 2. The number of hydrogen-bond donors (Lipinski definition) is 0. The SMILES string of the molecule is C=C1C(Br)=CC=C(c2ccc(C)cc2F)N1CC. The van der Waals surface area contributed by atoms with E-state index in [9.17, 15) is 4.39 Å². The molecule has 0 N–H and O–H groups in total. The second kappa shape index (κ2) is 5.11. The van der Waals surface area contributed by atoms with Crippen LogP contribution in [0.4, 0.5) is 4.39 Å². The molecule has 18 heavy (non-hydrogen) atoms. The summed E-state index contributed by atoms with van der Waals surface area (Å²) in [4.78, 5) is 2.00. The first kappa shape index (κ1) is 13.1. The van der Waals surface area contributed by atoms with E-state index in [-0.39, 0.29) is 5.82 Å². The molecule has 1 aliphatic heterocycles.